The highest BCUT2D eigenvalue weighted by atomic mass is 32.2. The second-order valence-electron chi connectivity index (χ2n) is 7.80. The lowest BCUT2D eigenvalue weighted by Crippen LogP contribution is -2.54. The standard InChI is InChI=1S/C23H27N3O2S/c1-18-6-5-9-20(16-18)24-22(28)25-14-11-23(12-15-25)26(21(27)17-29-23)13-10-19-7-3-2-4-8-19/h2-9,16H,10-15,17H2,1H3,(H,24,28). The van der Waals surface area contributed by atoms with Crippen LogP contribution in [0.1, 0.15) is 24.0 Å². The van der Waals surface area contributed by atoms with Gasteiger partial charge in [0.15, 0.2) is 0 Å². The summed E-state index contributed by atoms with van der Waals surface area (Å²) >= 11 is 1.75. The molecule has 0 aromatic heterocycles. The Morgan fingerprint density at radius 2 is 1.86 bits per heavy atom. The van der Waals surface area contributed by atoms with Crippen molar-refractivity contribution in [2.24, 2.45) is 0 Å². The summed E-state index contributed by atoms with van der Waals surface area (Å²) in [4.78, 5) is 29.0. The molecular formula is C23H27N3O2S. The molecule has 2 saturated heterocycles. The number of piperidine rings is 1. The molecule has 2 aliphatic heterocycles. The molecule has 152 valence electrons. The van der Waals surface area contributed by atoms with Gasteiger partial charge >= 0.3 is 6.03 Å². The third-order valence-electron chi connectivity index (χ3n) is 5.83. The van der Waals surface area contributed by atoms with Gasteiger partial charge in [-0.1, -0.05) is 42.5 Å². The quantitative estimate of drug-likeness (QED) is 0.826. The number of nitrogens with one attached hydrogen (secondary N) is 1. The number of hydrogen-bond donors (Lipinski definition) is 1. The molecule has 0 saturated carbocycles. The highest BCUT2D eigenvalue weighted by Gasteiger charge is 2.48. The number of benzene rings is 2. The van der Waals surface area contributed by atoms with E-state index in [0.29, 0.717) is 18.8 Å². The first-order valence-electron chi connectivity index (χ1n) is 10.2. The number of nitrogens with zero attached hydrogens (tertiary/aromatic N) is 2. The number of hydrogen-bond acceptors (Lipinski definition) is 3. The van der Waals surface area contributed by atoms with Crippen molar-refractivity contribution >= 4 is 29.4 Å². The minimum Gasteiger partial charge on any atom is -0.327 e. The van der Waals surface area contributed by atoms with E-state index in [-0.39, 0.29) is 16.8 Å². The predicted molar refractivity (Wildman–Crippen MR) is 118 cm³/mol. The average molecular weight is 410 g/mol. The highest BCUT2D eigenvalue weighted by molar-refractivity contribution is 8.01. The third kappa shape index (κ3) is 4.42. The number of urea groups is 1. The molecule has 3 amide bonds. The van der Waals surface area contributed by atoms with Gasteiger partial charge in [-0.3, -0.25) is 4.79 Å². The molecule has 0 bridgehead atoms. The molecule has 0 atom stereocenters. The van der Waals surface area contributed by atoms with Gasteiger partial charge < -0.3 is 15.1 Å². The minimum absolute atomic E-state index is 0.0596. The molecule has 2 aromatic carbocycles. The molecule has 0 unspecified atom stereocenters. The number of thioether (sulfide) groups is 1. The van der Waals surface area contributed by atoms with Crippen LogP contribution in [-0.2, 0) is 11.2 Å². The predicted octanol–water partition coefficient (Wildman–Crippen LogP) is 4.14. The van der Waals surface area contributed by atoms with Crippen molar-refractivity contribution in [3.63, 3.8) is 0 Å². The molecule has 0 aliphatic carbocycles. The van der Waals surface area contributed by atoms with Crippen molar-refractivity contribution in [1.29, 1.82) is 0 Å². The van der Waals surface area contributed by atoms with Gasteiger partial charge in [0.1, 0.15) is 0 Å². The Bertz CT molecular complexity index is 879. The summed E-state index contributed by atoms with van der Waals surface area (Å²) in [5, 5.41) is 3.00. The van der Waals surface area contributed by atoms with E-state index in [1.165, 1.54) is 5.56 Å². The fourth-order valence-electron chi connectivity index (χ4n) is 4.19. The summed E-state index contributed by atoms with van der Waals surface area (Å²) in [7, 11) is 0. The molecule has 2 fully saturated rings. The fraction of sp³-hybridized carbons (Fsp3) is 0.391. The van der Waals surface area contributed by atoms with E-state index in [4.69, 9.17) is 0 Å². The number of carbonyl (C=O) groups is 2. The maximum atomic E-state index is 12.7. The van der Waals surface area contributed by atoms with E-state index in [9.17, 15) is 9.59 Å². The summed E-state index contributed by atoms with van der Waals surface area (Å²) in [6, 6.07) is 18.1. The first kappa shape index (κ1) is 19.8. The maximum Gasteiger partial charge on any atom is 0.321 e. The average Bonchev–Trinajstić information content (AvgIpc) is 3.03. The Labute approximate surface area is 176 Å². The molecule has 1 spiro atoms. The van der Waals surface area contributed by atoms with Crippen LogP contribution in [0, 0.1) is 6.92 Å². The number of aryl methyl sites for hydroxylation is 1. The van der Waals surface area contributed by atoms with Gasteiger partial charge in [-0.05, 0) is 49.4 Å². The van der Waals surface area contributed by atoms with Gasteiger partial charge in [-0.2, -0.15) is 0 Å². The van der Waals surface area contributed by atoms with Crippen LogP contribution in [0.5, 0.6) is 0 Å². The van der Waals surface area contributed by atoms with Crippen molar-refractivity contribution < 1.29 is 9.59 Å². The van der Waals surface area contributed by atoms with Crippen molar-refractivity contribution in [2.45, 2.75) is 31.1 Å². The highest BCUT2D eigenvalue weighted by Crippen LogP contribution is 2.44. The Morgan fingerprint density at radius 3 is 2.59 bits per heavy atom. The first-order chi connectivity index (χ1) is 14.1. The molecule has 4 rings (SSSR count). The monoisotopic (exact) mass is 409 g/mol. The number of anilines is 1. The van der Waals surface area contributed by atoms with Crippen molar-refractivity contribution in [3.05, 3.63) is 65.7 Å². The fourth-order valence-corrected chi connectivity index (χ4v) is 5.56. The molecule has 2 heterocycles. The van der Waals surface area contributed by atoms with E-state index >= 15 is 0 Å². The van der Waals surface area contributed by atoms with Crippen molar-refractivity contribution in [1.82, 2.24) is 9.80 Å². The topological polar surface area (TPSA) is 52.7 Å². The van der Waals surface area contributed by atoms with Crippen molar-refractivity contribution in [2.75, 3.05) is 30.7 Å². The SMILES string of the molecule is Cc1cccc(NC(=O)N2CCC3(CC2)SCC(=O)N3CCc2ccccc2)c1. The summed E-state index contributed by atoms with van der Waals surface area (Å²) in [5.74, 6) is 0.771. The minimum atomic E-state index is -0.161. The lowest BCUT2D eigenvalue weighted by Gasteiger charge is -2.44. The zero-order valence-electron chi connectivity index (χ0n) is 16.8. The van der Waals surface area contributed by atoms with Crippen LogP contribution in [0.2, 0.25) is 0 Å². The Hall–Kier alpha value is -2.47. The first-order valence-corrected chi connectivity index (χ1v) is 11.2. The zero-order chi connectivity index (χ0) is 20.3. The number of likely N-dealkylation sites (tertiary alicyclic amines) is 1. The van der Waals surface area contributed by atoms with Gasteiger partial charge in [-0.25, -0.2) is 4.79 Å². The summed E-state index contributed by atoms with van der Waals surface area (Å²) in [6.45, 7) is 4.09. The van der Waals surface area contributed by atoms with E-state index in [1.807, 2.05) is 54.3 Å². The van der Waals surface area contributed by atoms with Gasteiger partial charge in [0.25, 0.3) is 0 Å². The second-order valence-corrected chi connectivity index (χ2v) is 9.14. The number of carbonyl (C=O) groups excluding carboxylic acids is 2. The summed E-state index contributed by atoms with van der Waals surface area (Å²) in [5.41, 5.74) is 3.20. The van der Waals surface area contributed by atoms with Gasteiger partial charge in [0.2, 0.25) is 5.91 Å². The van der Waals surface area contributed by atoms with Crippen LogP contribution >= 0.6 is 11.8 Å². The van der Waals surface area contributed by atoms with Gasteiger partial charge in [-0.15, -0.1) is 11.8 Å². The lowest BCUT2D eigenvalue weighted by atomic mass is 10.0. The van der Waals surface area contributed by atoms with E-state index in [2.05, 4.69) is 22.3 Å². The van der Waals surface area contributed by atoms with Crippen LogP contribution in [0.15, 0.2) is 54.6 Å². The molecular weight excluding hydrogens is 382 g/mol. The van der Waals surface area contributed by atoms with Crippen LogP contribution in [-0.4, -0.2) is 52.0 Å². The molecule has 2 aliphatic rings. The number of amides is 3. The normalized spacial score (nSPS) is 18.3. The van der Waals surface area contributed by atoms with Crippen LogP contribution < -0.4 is 5.32 Å². The number of rotatable bonds is 4. The lowest BCUT2D eigenvalue weighted by molar-refractivity contribution is -0.131. The molecule has 0 radical (unpaired) electrons. The van der Waals surface area contributed by atoms with Crippen molar-refractivity contribution in [3.8, 4) is 0 Å². The molecule has 29 heavy (non-hydrogen) atoms. The van der Waals surface area contributed by atoms with Crippen LogP contribution in [0.25, 0.3) is 0 Å². The summed E-state index contributed by atoms with van der Waals surface area (Å²) in [6.07, 6.45) is 2.51. The third-order valence-corrected chi connectivity index (χ3v) is 7.38. The Balaban J connectivity index is 1.36. The second kappa shape index (κ2) is 8.49. The molecule has 6 heteroatoms. The Kier molecular flexibility index (Phi) is 5.81. The largest absolute Gasteiger partial charge is 0.327 e. The van der Waals surface area contributed by atoms with Gasteiger partial charge in [0.05, 0.1) is 10.6 Å². The van der Waals surface area contributed by atoms with Crippen LogP contribution in [0.3, 0.4) is 0 Å². The molecule has 5 nitrogen and oxygen atoms in total. The van der Waals surface area contributed by atoms with Crippen LogP contribution in [0.4, 0.5) is 10.5 Å². The maximum absolute atomic E-state index is 12.7. The summed E-state index contributed by atoms with van der Waals surface area (Å²) < 4.78 is 0. The molecule has 2 aromatic rings. The van der Waals surface area contributed by atoms with E-state index < -0.39 is 0 Å². The van der Waals surface area contributed by atoms with Gasteiger partial charge in [0, 0.05) is 25.3 Å². The zero-order valence-corrected chi connectivity index (χ0v) is 17.6. The van der Waals surface area contributed by atoms with E-state index in [0.717, 1.165) is 37.1 Å². The van der Waals surface area contributed by atoms with E-state index in [1.54, 1.807) is 11.8 Å². The molecule has 1 N–H and O–H groups in total. The Morgan fingerprint density at radius 1 is 1.10 bits per heavy atom. The smallest absolute Gasteiger partial charge is 0.321 e.